The Morgan fingerprint density at radius 2 is 2.26 bits per heavy atom. The van der Waals surface area contributed by atoms with E-state index in [0.29, 0.717) is 12.1 Å². The summed E-state index contributed by atoms with van der Waals surface area (Å²) in [4.78, 5) is 19.3. The first kappa shape index (κ1) is 12.9. The fraction of sp³-hybridized carbons (Fsp3) is 0.571. The summed E-state index contributed by atoms with van der Waals surface area (Å²) in [7, 11) is 0. The number of nitrogens with one attached hydrogen (secondary N) is 1. The first-order valence-electron chi connectivity index (χ1n) is 6.83. The van der Waals surface area contributed by atoms with Gasteiger partial charge >= 0.3 is 0 Å². The van der Waals surface area contributed by atoms with Crippen molar-refractivity contribution in [3.63, 3.8) is 0 Å². The molecule has 5 heteroatoms. The van der Waals surface area contributed by atoms with Crippen LogP contribution in [0, 0.1) is 0 Å². The number of aromatic nitrogens is 1. The molecule has 2 aliphatic rings. The Balaban J connectivity index is 1.91. The topological polar surface area (TPSA) is 45.2 Å². The molecule has 1 aromatic rings. The molecule has 0 aromatic carbocycles. The van der Waals surface area contributed by atoms with Crippen LogP contribution < -0.4 is 5.32 Å². The second-order valence-corrected chi connectivity index (χ2v) is 5.95. The number of amides is 1. The van der Waals surface area contributed by atoms with Gasteiger partial charge < -0.3 is 10.2 Å². The van der Waals surface area contributed by atoms with Crippen LogP contribution in [0.4, 0.5) is 0 Å². The molecule has 4 nitrogen and oxygen atoms in total. The van der Waals surface area contributed by atoms with Crippen LogP contribution in [0.2, 0.25) is 0 Å². The molecule has 1 aromatic heterocycles. The van der Waals surface area contributed by atoms with Crippen LogP contribution in [-0.4, -0.2) is 47.2 Å². The average molecular weight is 277 g/mol. The van der Waals surface area contributed by atoms with E-state index in [1.807, 2.05) is 18.4 Å². The second kappa shape index (κ2) is 5.51. The van der Waals surface area contributed by atoms with Crippen LogP contribution in [0.15, 0.2) is 23.4 Å². The molecule has 19 heavy (non-hydrogen) atoms. The van der Waals surface area contributed by atoms with E-state index < -0.39 is 0 Å². The van der Waals surface area contributed by atoms with Gasteiger partial charge in [-0.25, -0.2) is 4.98 Å². The van der Waals surface area contributed by atoms with Crippen molar-refractivity contribution < 1.29 is 4.79 Å². The second-order valence-electron chi connectivity index (χ2n) is 5.15. The quantitative estimate of drug-likeness (QED) is 0.837. The van der Waals surface area contributed by atoms with Crippen molar-refractivity contribution in [1.29, 1.82) is 0 Å². The molecule has 1 amide bonds. The molecule has 3 heterocycles. The maximum absolute atomic E-state index is 12.8. The fourth-order valence-electron chi connectivity index (χ4n) is 3.17. The van der Waals surface area contributed by atoms with Crippen molar-refractivity contribution in [3.05, 3.63) is 23.9 Å². The van der Waals surface area contributed by atoms with E-state index in [1.165, 1.54) is 0 Å². The van der Waals surface area contributed by atoms with Crippen LogP contribution in [0.25, 0.3) is 0 Å². The Hall–Kier alpha value is -1.07. The third kappa shape index (κ3) is 2.37. The van der Waals surface area contributed by atoms with Crippen LogP contribution >= 0.6 is 11.8 Å². The normalized spacial score (nSPS) is 26.3. The number of pyridine rings is 1. The maximum Gasteiger partial charge on any atom is 0.257 e. The lowest BCUT2D eigenvalue weighted by Gasteiger charge is -2.28. The maximum atomic E-state index is 12.8. The molecule has 0 spiro atoms. The van der Waals surface area contributed by atoms with Gasteiger partial charge in [0.2, 0.25) is 0 Å². The molecule has 102 valence electrons. The number of carbonyl (C=O) groups excluding carboxylic acids is 1. The molecular weight excluding hydrogens is 258 g/mol. The summed E-state index contributed by atoms with van der Waals surface area (Å²) in [5.41, 5.74) is 0.758. The lowest BCUT2D eigenvalue weighted by atomic mass is 10.1. The van der Waals surface area contributed by atoms with E-state index in [1.54, 1.807) is 18.0 Å². The Bertz CT molecular complexity index is 466. The van der Waals surface area contributed by atoms with E-state index in [4.69, 9.17) is 0 Å². The van der Waals surface area contributed by atoms with Gasteiger partial charge in [-0.3, -0.25) is 4.79 Å². The molecular formula is C14H19N3OS. The number of rotatable bonds is 2. The third-order valence-electron chi connectivity index (χ3n) is 4.08. The summed E-state index contributed by atoms with van der Waals surface area (Å²) >= 11 is 1.54. The van der Waals surface area contributed by atoms with E-state index in [0.717, 1.165) is 42.9 Å². The van der Waals surface area contributed by atoms with E-state index in [2.05, 4.69) is 15.2 Å². The van der Waals surface area contributed by atoms with E-state index in [-0.39, 0.29) is 5.91 Å². The van der Waals surface area contributed by atoms with Gasteiger partial charge in [0.25, 0.3) is 5.91 Å². The Morgan fingerprint density at radius 1 is 1.42 bits per heavy atom. The zero-order valence-electron chi connectivity index (χ0n) is 11.1. The highest BCUT2D eigenvalue weighted by Gasteiger charge is 2.38. The van der Waals surface area contributed by atoms with Crippen molar-refractivity contribution in [2.24, 2.45) is 0 Å². The summed E-state index contributed by atoms with van der Waals surface area (Å²) in [6.45, 7) is 1.95. The highest BCUT2D eigenvalue weighted by molar-refractivity contribution is 7.98. The van der Waals surface area contributed by atoms with E-state index in [9.17, 15) is 4.79 Å². The number of thioether (sulfide) groups is 1. The highest BCUT2D eigenvalue weighted by Crippen LogP contribution is 2.31. The Morgan fingerprint density at radius 3 is 3.11 bits per heavy atom. The van der Waals surface area contributed by atoms with Crippen LogP contribution in [0.1, 0.15) is 29.6 Å². The molecule has 0 aliphatic carbocycles. The molecule has 2 fully saturated rings. The monoisotopic (exact) mass is 277 g/mol. The largest absolute Gasteiger partial charge is 0.331 e. The van der Waals surface area contributed by atoms with Crippen LogP contribution in [0.3, 0.4) is 0 Å². The summed E-state index contributed by atoms with van der Waals surface area (Å²) in [6, 6.07) is 4.52. The van der Waals surface area contributed by atoms with Crippen molar-refractivity contribution in [3.8, 4) is 0 Å². The number of hydrogen-bond donors (Lipinski definition) is 1. The third-order valence-corrected chi connectivity index (χ3v) is 4.80. The molecule has 2 bridgehead atoms. The van der Waals surface area contributed by atoms with Crippen molar-refractivity contribution in [2.45, 2.75) is 36.4 Å². The average Bonchev–Trinajstić information content (AvgIpc) is 2.71. The predicted molar refractivity (Wildman–Crippen MR) is 76.5 cm³/mol. The minimum absolute atomic E-state index is 0.161. The number of nitrogens with zero attached hydrogens (tertiary/aromatic N) is 2. The van der Waals surface area contributed by atoms with Crippen molar-refractivity contribution in [1.82, 2.24) is 15.2 Å². The van der Waals surface area contributed by atoms with Crippen LogP contribution in [-0.2, 0) is 0 Å². The molecule has 3 rings (SSSR count). The SMILES string of the molecule is CSc1ncccc1C(=O)N1[C@@H]2CCNC[C@H]1CC2. The van der Waals surface area contributed by atoms with Crippen molar-refractivity contribution >= 4 is 17.7 Å². The zero-order chi connectivity index (χ0) is 13.2. The molecule has 0 unspecified atom stereocenters. The summed E-state index contributed by atoms with van der Waals surface area (Å²) in [5, 5.41) is 4.27. The van der Waals surface area contributed by atoms with Gasteiger partial charge in [0.15, 0.2) is 0 Å². The number of carbonyl (C=O) groups is 1. The van der Waals surface area contributed by atoms with Crippen LogP contribution in [0.5, 0.6) is 0 Å². The Kier molecular flexibility index (Phi) is 3.75. The van der Waals surface area contributed by atoms with Gasteiger partial charge in [0, 0.05) is 24.8 Å². The number of fused-ring (bicyclic) bond motifs is 2. The molecule has 0 saturated carbocycles. The van der Waals surface area contributed by atoms with Gasteiger partial charge in [0.05, 0.1) is 5.56 Å². The standard InChI is InChI=1S/C14H19N3OS/c1-19-13-12(3-2-7-16-13)14(18)17-10-4-5-11(17)9-15-8-6-10/h2-3,7,10-11,15H,4-6,8-9H2,1H3/t10-,11+/m0/s1. The Labute approximate surface area is 118 Å². The molecule has 2 atom stereocenters. The fourth-order valence-corrected chi connectivity index (χ4v) is 3.71. The highest BCUT2D eigenvalue weighted by atomic mass is 32.2. The van der Waals surface area contributed by atoms with Crippen molar-refractivity contribution in [2.75, 3.05) is 19.3 Å². The smallest absolute Gasteiger partial charge is 0.257 e. The minimum atomic E-state index is 0.161. The van der Waals surface area contributed by atoms with Gasteiger partial charge in [-0.15, -0.1) is 11.8 Å². The van der Waals surface area contributed by atoms with Gasteiger partial charge in [-0.05, 0) is 44.2 Å². The summed E-state index contributed by atoms with van der Waals surface area (Å²) < 4.78 is 0. The first-order valence-corrected chi connectivity index (χ1v) is 8.06. The predicted octanol–water partition coefficient (Wildman–Crippen LogP) is 1.77. The number of hydrogen-bond acceptors (Lipinski definition) is 4. The molecule has 0 radical (unpaired) electrons. The zero-order valence-corrected chi connectivity index (χ0v) is 11.9. The minimum Gasteiger partial charge on any atom is -0.331 e. The van der Waals surface area contributed by atoms with E-state index >= 15 is 0 Å². The first-order chi connectivity index (χ1) is 9.31. The lowest BCUT2D eigenvalue weighted by Crippen LogP contribution is -2.42. The lowest BCUT2D eigenvalue weighted by molar-refractivity contribution is 0.0676. The molecule has 2 aliphatic heterocycles. The molecule has 2 saturated heterocycles. The summed E-state index contributed by atoms with van der Waals surface area (Å²) in [6.07, 6.45) is 7.06. The molecule has 1 N–H and O–H groups in total. The van der Waals surface area contributed by atoms with Gasteiger partial charge in [-0.2, -0.15) is 0 Å². The van der Waals surface area contributed by atoms with Gasteiger partial charge in [-0.1, -0.05) is 0 Å². The van der Waals surface area contributed by atoms with Gasteiger partial charge in [0.1, 0.15) is 5.03 Å². The summed E-state index contributed by atoms with van der Waals surface area (Å²) in [5.74, 6) is 0.161.